The number of carbonyl (C=O) groups is 1. The van der Waals surface area contributed by atoms with Gasteiger partial charge in [-0.1, -0.05) is 11.6 Å². The van der Waals surface area contributed by atoms with Crippen molar-refractivity contribution in [1.29, 1.82) is 0 Å². The molecule has 12 heteroatoms. The molecule has 1 atom stereocenters. The largest absolute Gasteiger partial charge is 0.489 e. The van der Waals surface area contributed by atoms with Crippen molar-refractivity contribution >= 4 is 45.3 Å². The number of amides is 1. The number of nitrogens with zero attached hydrogens (tertiary/aromatic N) is 5. The normalized spacial score (nSPS) is 17.7. The molecule has 0 aliphatic carbocycles. The summed E-state index contributed by atoms with van der Waals surface area (Å²) >= 11 is 6.68. The molecule has 2 aliphatic rings. The number of rotatable bonds is 1. The SMILES string of the molecule is O=C(O)N1CCN2c3ncnc4c(F)c(-c5c(F)ccc6[nH]ncc56)c(Cl)c(c34)OC[C@@H]2C1. The van der Waals surface area contributed by atoms with Crippen molar-refractivity contribution in [1.82, 2.24) is 25.1 Å². The van der Waals surface area contributed by atoms with Gasteiger partial charge < -0.3 is 19.6 Å². The van der Waals surface area contributed by atoms with Gasteiger partial charge in [-0.05, 0) is 12.1 Å². The summed E-state index contributed by atoms with van der Waals surface area (Å²) < 4.78 is 37.0. The Morgan fingerprint density at radius 1 is 1.24 bits per heavy atom. The van der Waals surface area contributed by atoms with Gasteiger partial charge in [0.2, 0.25) is 0 Å². The minimum Gasteiger partial charge on any atom is -0.489 e. The van der Waals surface area contributed by atoms with Crippen LogP contribution >= 0.6 is 11.6 Å². The summed E-state index contributed by atoms with van der Waals surface area (Å²) in [5, 5.41) is 16.6. The first-order chi connectivity index (χ1) is 16.0. The molecule has 6 rings (SSSR count). The summed E-state index contributed by atoms with van der Waals surface area (Å²) in [6.45, 7) is 0.869. The zero-order chi connectivity index (χ0) is 22.9. The molecule has 1 fully saturated rings. The molecule has 1 amide bonds. The second-order valence-corrected chi connectivity index (χ2v) is 8.27. The van der Waals surface area contributed by atoms with Crippen molar-refractivity contribution < 1.29 is 23.4 Å². The van der Waals surface area contributed by atoms with Crippen molar-refractivity contribution in [3.63, 3.8) is 0 Å². The van der Waals surface area contributed by atoms with Crippen molar-refractivity contribution in [2.24, 2.45) is 0 Å². The van der Waals surface area contributed by atoms with Crippen LogP contribution in [0.4, 0.5) is 19.4 Å². The molecule has 2 N–H and O–H groups in total. The van der Waals surface area contributed by atoms with Crippen molar-refractivity contribution in [2.75, 3.05) is 31.1 Å². The summed E-state index contributed by atoms with van der Waals surface area (Å²) in [5.74, 6) is -0.943. The third-order valence-corrected chi connectivity index (χ3v) is 6.53. The number of halogens is 3. The number of fused-ring (bicyclic) bond motifs is 3. The number of carboxylic acid groups (broad SMARTS) is 1. The number of H-pyrrole nitrogens is 1. The van der Waals surface area contributed by atoms with Crippen LogP contribution in [0.1, 0.15) is 0 Å². The number of ether oxygens (including phenoxy) is 1. The lowest BCUT2D eigenvalue weighted by atomic mass is 9.98. The van der Waals surface area contributed by atoms with Gasteiger partial charge in [-0.3, -0.25) is 5.10 Å². The lowest BCUT2D eigenvalue weighted by Gasteiger charge is -2.39. The van der Waals surface area contributed by atoms with Crippen LogP contribution < -0.4 is 9.64 Å². The van der Waals surface area contributed by atoms with Gasteiger partial charge in [-0.25, -0.2) is 23.5 Å². The molecule has 9 nitrogen and oxygen atoms in total. The zero-order valence-electron chi connectivity index (χ0n) is 16.8. The Balaban J connectivity index is 1.61. The van der Waals surface area contributed by atoms with E-state index in [0.29, 0.717) is 23.3 Å². The van der Waals surface area contributed by atoms with E-state index >= 15 is 8.78 Å². The fourth-order valence-electron chi connectivity index (χ4n) is 4.64. The predicted octanol–water partition coefficient (Wildman–Crippen LogP) is 3.67. The zero-order valence-corrected chi connectivity index (χ0v) is 17.6. The van der Waals surface area contributed by atoms with E-state index in [1.54, 1.807) is 0 Å². The molecule has 4 aromatic rings. The third kappa shape index (κ3) is 2.81. The van der Waals surface area contributed by atoms with Gasteiger partial charge in [0.1, 0.15) is 30.1 Å². The maximum Gasteiger partial charge on any atom is 0.407 e. The van der Waals surface area contributed by atoms with Gasteiger partial charge in [0.05, 0.1) is 28.2 Å². The molecule has 33 heavy (non-hydrogen) atoms. The Kier molecular flexibility index (Phi) is 4.31. The second kappa shape index (κ2) is 7.14. The number of aromatic amines is 1. The molecular weight excluding hydrogens is 458 g/mol. The first-order valence-corrected chi connectivity index (χ1v) is 10.5. The number of anilines is 1. The summed E-state index contributed by atoms with van der Waals surface area (Å²) in [6, 6.07) is 2.35. The molecule has 2 aromatic heterocycles. The topological polar surface area (TPSA) is 107 Å². The lowest BCUT2D eigenvalue weighted by molar-refractivity contribution is 0.127. The number of hydrogen-bond donors (Lipinski definition) is 2. The number of benzene rings is 2. The maximum atomic E-state index is 15.9. The van der Waals surface area contributed by atoms with Crippen molar-refractivity contribution in [3.8, 4) is 16.9 Å². The van der Waals surface area contributed by atoms with E-state index in [9.17, 15) is 9.90 Å². The highest BCUT2D eigenvalue weighted by molar-refractivity contribution is 6.37. The van der Waals surface area contributed by atoms with Gasteiger partial charge in [0.15, 0.2) is 11.6 Å². The number of nitrogens with one attached hydrogen (secondary N) is 1. The maximum absolute atomic E-state index is 15.9. The molecule has 0 saturated carbocycles. The van der Waals surface area contributed by atoms with Crippen LogP contribution in [-0.4, -0.2) is 68.5 Å². The third-order valence-electron chi connectivity index (χ3n) is 6.17. The average Bonchev–Trinajstić information content (AvgIpc) is 3.22. The number of piperazine rings is 1. The summed E-state index contributed by atoms with van der Waals surface area (Å²) in [6.07, 6.45) is 1.60. The molecule has 4 heterocycles. The minimum atomic E-state index is -1.03. The smallest absolute Gasteiger partial charge is 0.407 e. The average molecular weight is 473 g/mol. The quantitative estimate of drug-likeness (QED) is 0.435. The van der Waals surface area contributed by atoms with E-state index in [2.05, 4.69) is 20.2 Å². The number of aromatic nitrogens is 4. The van der Waals surface area contributed by atoms with Gasteiger partial charge in [0, 0.05) is 36.1 Å². The van der Waals surface area contributed by atoms with Crippen LogP contribution in [-0.2, 0) is 0 Å². The monoisotopic (exact) mass is 472 g/mol. The van der Waals surface area contributed by atoms with Gasteiger partial charge in [-0.15, -0.1) is 0 Å². The van der Waals surface area contributed by atoms with E-state index in [1.807, 2.05) is 4.90 Å². The summed E-state index contributed by atoms with van der Waals surface area (Å²) in [5.41, 5.74) is 0.226. The molecular formula is C21H15ClF2N6O3. The Hall–Kier alpha value is -3.73. The van der Waals surface area contributed by atoms with Gasteiger partial charge >= 0.3 is 6.09 Å². The molecule has 0 radical (unpaired) electrons. The first kappa shape index (κ1) is 19.9. The van der Waals surface area contributed by atoms with E-state index in [-0.39, 0.29) is 58.5 Å². The van der Waals surface area contributed by atoms with Crippen LogP contribution in [0.25, 0.3) is 32.9 Å². The summed E-state index contributed by atoms with van der Waals surface area (Å²) in [7, 11) is 0. The summed E-state index contributed by atoms with van der Waals surface area (Å²) in [4.78, 5) is 23.1. The minimum absolute atomic E-state index is 0.0512. The highest BCUT2D eigenvalue weighted by Gasteiger charge is 2.37. The predicted molar refractivity (Wildman–Crippen MR) is 116 cm³/mol. The highest BCUT2D eigenvalue weighted by Crippen LogP contribution is 2.49. The molecule has 0 spiro atoms. The van der Waals surface area contributed by atoms with E-state index in [0.717, 1.165) is 0 Å². The van der Waals surface area contributed by atoms with Crippen LogP contribution in [0.15, 0.2) is 24.7 Å². The van der Waals surface area contributed by atoms with E-state index in [4.69, 9.17) is 16.3 Å². The van der Waals surface area contributed by atoms with Crippen LogP contribution in [0, 0.1) is 11.6 Å². The van der Waals surface area contributed by atoms with Crippen LogP contribution in [0.2, 0.25) is 5.02 Å². The molecule has 2 aliphatic heterocycles. The molecule has 0 unspecified atom stereocenters. The second-order valence-electron chi connectivity index (χ2n) is 7.89. The van der Waals surface area contributed by atoms with Crippen LogP contribution in [0.3, 0.4) is 0 Å². The Morgan fingerprint density at radius 3 is 2.91 bits per heavy atom. The molecule has 0 bridgehead atoms. The fourth-order valence-corrected chi connectivity index (χ4v) is 4.96. The Labute approximate surface area is 189 Å². The van der Waals surface area contributed by atoms with E-state index < -0.39 is 17.7 Å². The van der Waals surface area contributed by atoms with Crippen molar-refractivity contribution in [3.05, 3.63) is 41.3 Å². The standard InChI is InChI=1S/C21H15ClF2N6O3/c22-16-14(13-10-5-27-28-12(10)2-1-11(13)23)17(24)18-15-19(16)33-7-9-6-29(21(31)32)3-4-30(9)20(15)26-8-25-18/h1-2,5,8-9H,3-4,6-7H2,(H,27,28)(H,31,32)/t9-/m0/s1. The first-order valence-electron chi connectivity index (χ1n) is 10.1. The van der Waals surface area contributed by atoms with E-state index in [1.165, 1.54) is 29.6 Å². The molecule has 2 aromatic carbocycles. The number of hydrogen-bond acceptors (Lipinski definition) is 6. The highest BCUT2D eigenvalue weighted by atomic mass is 35.5. The Morgan fingerprint density at radius 2 is 2.09 bits per heavy atom. The lowest BCUT2D eigenvalue weighted by Crippen LogP contribution is -2.56. The molecule has 1 saturated heterocycles. The van der Waals surface area contributed by atoms with Crippen molar-refractivity contribution in [2.45, 2.75) is 6.04 Å². The van der Waals surface area contributed by atoms with Crippen LogP contribution in [0.5, 0.6) is 5.75 Å². The Bertz CT molecular complexity index is 1460. The fraction of sp³-hybridized carbons (Fsp3) is 0.238. The van der Waals surface area contributed by atoms with Gasteiger partial charge in [-0.2, -0.15) is 5.10 Å². The molecule has 168 valence electrons. The van der Waals surface area contributed by atoms with Gasteiger partial charge in [0.25, 0.3) is 0 Å².